The Labute approximate surface area is 567 Å². The first-order valence-corrected chi connectivity index (χ1v) is 35.5. The third-order valence-electron chi connectivity index (χ3n) is 29.7. The number of likely N-dealkylation sites (tertiary alicyclic amines) is 3. The van der Waals surface area contributed by atoms with Crippen LogP contribution in [0, 0.1) is 44.8 Å². The lowest BCUT2D eigenvalue weighted by molar-refractivity contribution is -0.311. The lowest BCUT2D eigenvalue weighted by Crippen LogP contribution is -2.83. The number of likely N-dealkylation sites (N-methyl/N-ethyl adjacent to an activating group) is 3. The molecule has 3 aromatic rings. The number of methoxy groups -OCH3 is 6. The summed E-state index contributed by atoms with van der Waals surface area (Å²) in [5.74, 6) is 5.56. The van der Waals surface area contributed by atoms with Gasteiger partial charge in [0.2, 0.25) is 0 Å². The molecule has 21 rings (SSSR count). The van der Waals surface area contributed by atoms with Crippen LogP contribution in [0.3, 0.4) is 0 Å². The van der Waals surface area contributed by atoms with E-state index in [1.54, 1.807) is 49.4 Å². The highest BCUT2D eigenvalue weighted by Crippen LogP contribution is 2.81. The van der Waals surface area contributed by atoms with Gasteiger partial charge < -0.3 is 62.4 Å². The Bertz CT molecular complexity index is 3450. The van der Waals surface area contributed by atoms with Gasteiger partial charge in [-0.25, -0.2) is 0 Å². The number of hydrogen-bond donors (Lipinski definition) is 1. The van der Waals surface area contributed by atoms with Crippen LogP contribution < -0.4 is 28.4 Å². The first-order valence-electron chi connectivity index (χ1n) is 35.5. The van der Waals surface area contributed by atoms with Crippen molar-refractivity contribution in [3.05, 3.63) is 69.8 Å². The van der Waals surface area contributed by atoms with Crippen molar-refractivity contribution in [3.8, 4) is 34.5 Å². The number of hydrogen-bond acceptors (Lipinski definition) is 15. The van der Waals surface area contributed by atoms with E-state index in [1.807, 2.05) is 14.0 Å². The number of fused-ring (bicyclic) bond motifs is 6. The van der Waals surface area contributed by atoms with Crippen molar-refractivity contribution >= 4 is 25.1 Å². The fourth-order valence-electron chi connectivity index (χ4n) is 25.6. The zero-order chi connectivity index (χ0) is 66.3. The highest BCUT2D eigenvalue weighted by Gasteiger charge is 2.85. The molecule has 6 spiro atoms. The summed E-state index contributed by atoms with van der Waals surface area (Å²) in [6, 6.07) is 14.3. The zero-order valence-corrected chi connectivity index (χ0v) is 61.2. The molecule has 19 atom stereocenters. The van der Waals surface area contributed by atoms with E-state index in [9.17, 15) is 14.7 Å². The van der Waals surface area contributed by atoms with Gasteiger partial charge in [-0.1, -0.05) is 66.7 Å². The van der Waals surface area contributed by atoms with E-state index in [0.717, 1.165) is 150 Å². The van der Waals surface area contributed by atoms with Crippen molar-refractivity contribution in [2.24, 2.45) is 44.8 Å². The van der Waals surface area contributed by atoms with E-state index in [2.05, 4.69) is 121 Å². The van der Waals surface area contributed by atoms with Gasteiger partial charge in [0.05, 0.1) is 38.8 Å². The Morgan fingerprint density at radius 1 is 0.468 bits per heavy atom. The fraction of sp³-hybridized carbons (Fsp3) is 0.744. The van der Waals surface area contributed by atoms with E-state index >= 15 is 0 Å². The molecular formula is C78H111N3O12S. The summed E-state index contributed by atoms with van der Waals surface area (Å²) in [5, 5.41) is 12.1. The molecule has 6 aliphatic heterocycles. The Balaban J connectivity index is 0.000000117. The van der Waals surface area contributed by atoms with Crippen molar-refractivity contribution in [1.82, 2.24) is 14.7 Å². The molecule has 12 aliphatic carbocycles. The maximum Gasteiger partial charge on any atom is 0.165 e. The minimum Gasteiger partial charge on any atom is -0.493 e. The molecule has 15 nitrogen and oxygen atoms in total. The molecule has 0 amide bonds. The standard InChI is InChI=1S/C27H39NO4.2C23H29NO4.C5H12.H2S/c1-23(2,3)24(4,29)18-15-25-10-11-27(18,31-7)22-26(25)12-13-28(5)19(25)14-16-8-9-17(30-6)21(32-22)20(16)26;2*1-13(25)15-12-21-7-8-23(15,27-4)20-22(21)9-10-24(2)17(21)11-14-5-6-16(26-3)19(28-20)18(14)22;1-5(2,3)4;/h8-9,18-19,22,29H,10-15H2,1-7H3;2*5-6,15,17,20H,7-12H2,1-4H3;1-4H3;1H2/t18-,19?,22?,24+,25-,26?,27-;2*15-,17?,20?,21-,22?,23-;;/m111../s1. The number of aliphatic hydroxyl groups is 1. The van der Waals surface area contributed by atoms with Gasteiger partial charge in [-0.05, 0) is 204 Å². The average molecular weight is 1310 g/mol. The molecule has 12 bridgehead atoms. The number of Topliss-reactive ketones (excluding diaryl/α,β-unsaturated/α-hetero) is 2. The molecule has 9 unspecified atom stereocenters. The second-order valence-electron chi connectivity index (χ2n) is 35.0. The third kappa shape index (κ3) is 7.78. The van der Waals surface area contributed by atoms with Gasteiger partial charge in [-0.3, -0.25) is 9.59 Å². The first kappa shape index (κ1) is 67.1. The summed E-state index contributed by atoms with van der Waals surface area (Å²) >= 11 is 0. The number of ketones is 2. The zero-order valence-electron chi connectivity index (χ0n) is 60.2. The van der Waals surface area contributed by atoms with Gasteiger partial charge in [0.15, 0.2) is 34.5 Å². The smallest absolute Gasteiger partial charge is 0.165 e. The summed E-state index contributed by atoms with van der Waals surface area (Å²) in [6.45, 7) is 23.9. The van der Waals surface area contributed by atoms with E-state index in [-0.39, 0.29) is 99.0 Å². The van der Waals surface area contributed by atoms with Crippen LogP contribution in [0.1, 0.15) is 180 Å². The van der Waals surface area contributed by atoms with Crippen molar-refractivity contribution in [3.63, 3.8) is 0 Å². The van der Waals surface area contributed by atoms with Crippen molar-refractivity contribution in [2.75, 3.05) is 83.4 Å². The number of carbonyl (C=O) groups is 2. The minimum absolute atomic E-state index is 0. The second-order valence-corrected chi connectivity index (χ2v) is 35.0. The number of rotatable bonds is 9. The fourth-order valence-corrected chi connectivity index (χ4v) is 25.6. The number of benzene rings is 3. The van der Waals surface area contributed by atoms with Crippen LogP contribution in [-0.4, -0.2) is 174 Å². The molecule has 3 aromatic carbocycles. The number of carbonyl (C=O) groups excluding carboxylic acids is 2. The van der Waals surface area contributed by atoms with Crippen LogP contribution in [0.25, 0.3) is 0 Å². The molecular weight excluding hydrogens is 1200 g/mol. The predicted octanol–water partition coefficient (Wildman–Crippen LogP) is 11.6. The highest BCUT2D eigenvalue weighted by atomic mass is 32.1. The van der Waals surface area contributed by atoms with Crippen LogP contribution >= 0.6 is 13.5 Å². The quantitative estimate of drug-likeness (QED) is 0.217. The molecule has 12 fully saturated rings. The van der Waals surface area contributed by atoms with Gasteiger partial charge in [0, 0.05) is 94.6 Å². The summed E-state index contributed by atoms with van der Waals surface area (Å²) in [4.78, 5) is 33.4. The van der Waals surface area contributed by atoms with Crippen LogP contribution in [0.15, 0.2) is 36.4 Å². The minimum atomic E-state index is -0.882. The molecule has 516 valence electrons. The Hall–Kier alpha value is -4.13. The summed E-state index contributed by atoms with van der Waals surface area (Å²) in [5.41, 5.74) is 6.17. The van der Waals surface area contributed by atoms with Crippen molar-refractivity contribution in [1.29, 1.82) is 0 Å². The topological polar surface area (TPSA) is 147 Å². The Morgan fingerprint density at radius 2 is 0.766 bits per heavy atom. The summed E-state index contributed by atoms with van der Waals surface area (Å²) in [7, 11) is 17.4. The van der Waals surface area contributed by atoms with Gasteiger partial charge in [0.1, 0.15) is 46.7 Å². The first-order chi connectivity index (χ1) is 43.9. The molecule has 1 N–H and O–H groups in total. The Kier molecular flexibility index (Phi) is 15.3. The Morgan fingerprint density at radius 3 is 1.05 bits per heavy atom. The number of ether oxygens (including phenoxy) is 9. The predicted molar refractivity (Wildman–Crippen MR) is 367 cm³/mol. The molecule has 0 aromatic heterocycles. The van der Waals surface area contributed by atoms with E-state index in [1.165, 1.54) is 33.4 Å². The van der Waals surface area contributed by atoms with E-state index < -0.39 is 22.4 Å². The lowest BCUT2D eigenvalue weighted by atomic mass is 9.33. The molecule has 6 heterocycles. The van der Waals surface area contributed by atoms with E-state index in [0.29, 0.717) is 23.5 Å². The summed E-state index contributed by atoms with van der Waals surface area (Å²) in [6.07, 6.45) is 14.9. The summed E-state index contributed by atoms with van der Waals surface area (Å²) < 4.78 is 57.0. The molecule has 94 heavy (non-hydrogen) atoms. The largest absolute Gasteiger partial charge is 0.493 e. The maximum absolute atomic E-state index is 12.8. The van der Waals surface area contributed by atoms with Crippen LogP contribution in [0.2, 0.25) is 0 Å². The SMILES string of the molecule is CC(C)(C)C.COc1ccc2c3c1OC1C34CCN(C)C(C2)[C@]42CC[C@@]1(OC)[C@@H](C(C)=O)C2.COc1ccc2c3c1OC1C34CCN(C)C(C2)[C@]42CC[C@@]1(OC)[C@@H](C(C)=O)C2.COc1ccc2c3c1OC1C34CCN(C)C(C2)[C@]42CC[C@@]1(OC)[C@@H]([C@](C)(O)C(C)(C)C)C2.S. The second kappa shape index (κ2) is 21.4. The number of nitrogens with zero attached hydrogens (tertiary/aromatic N) is 3. The van der Waals surface area contributed by atoms with Gasteiger partial charge >= 0.3 is 0 Å². The normalized spacial score (nSPS) is 42.1. The number of piperidine rings is 3. The monoisotopic (exact) mass is 1310 g/mol. The van der Waals surface area contributed by atoms with Crippen LogP contribution in [0.5, 0.6) is 34.5 Å². The molecule has 3 saturated heterocycles. The molecule has 16 heteroatoms. The van der Waals surface area contributed by atoms with Gasteiger partial charge in [0.25, 0.3) is 0 Å². The van der Waals surface area contributed by atoms with Crippen molar-refractivity contribution in [2.45, 2.75) is 241 Å². The van der Waals surface area contributed by atoms with E-state index in [4.69, 9.17) is 42.6 Å². The van der Waals surface area contributed by atoms with Crippen molar-refractivity contribution < 1.29 is 57.3 Å². The molecule has 9 saturated carbocycles. The third-order valence-corrected chi connectivity index (χ3v) is 29.7. The lowest BCUT2D eigenvalue weighted by Gasteiger charge is -2.75. The molecule has 0 radical (unpaired) electrons. The van der Waals surface area contributed by atoms with Gasteiger partial charge in [-0.15, -0.1) is 0 Å². The van der Waals surface area contributed by atoms with Crippen LogP contribution in [-0.2, 0) is 59.3 Å². The highest BCUT2D eigenvalue weighted by molar-refractivity contribution is 7.59. The maximum atomic E-state index is 12.8. The average Bonchev–Trinajstić information content (AvgIpc) is 1.33. The van der Waals surface area contributed by atoms with Gasteiger partial charge in [-0.2, -0.15) is 13.5 Å². The van der Waals surface area contributed by atoms with Crippen LogP contribution in [0.4, 0.5) is 0 Å². The molecule has 18 aliphatic rings.